The van der Waals surface area contributed by atoms with E-state index in [1.807, 2.05) is 4.90 Å². The third kappa shape index (κ3) is 4.70. The van der Waals surface area contributed by atoms with E-state index in [2.05, 4.69) is 5.32 Å². The molecule has 1 heterocycles. The number of nitrogens with zero attached hydrogens (tertiary/aromatic N) is 1. The molecule has 4 nitrogen and oxygen atoms in total. The second-order valence-electron chi connectivity index (χ2n) is 4.81. The fourth-order valence-electron chi connectivity index (χ4n) is 2.22. The van der Waals surface area contributed by atoms with Crippen molar-refractivity contribution >= 4 is 24.0 Å². The van der Waals surface area contributed by atoms with Gasteiger partial charge >= 0.3 is 0 Å². The highest BCUT2D eigenvalue weighted by molar-refractivity contribution is 5.92. The zero-order valence-corrected chi connectivity index (χ0v) is 11.8. The van der Waals surface area contributed by atoms with Gasteiger partial charge in [-0.2, -0.15) is 0 Å². The molecule has 0 radical (unpaired) electrons. The van der Waals surface area contributed by atoms with Gasteiger partial charge in [0.05, 0.1) is 12.2 Å². The van der Waals surface area contributed by atoms with Crippen LogP contribution in [0.3, 0.4) is 0 Å². The van der Waals surface area contributed by atoms with Crippen molar-refractivity contribution in [3.05, 3.63) is 29.8 Å². The fourth-order valence-corrected chi connectivity index (χ4v) is 2.22. The number of hydrogen-bond donors (Lipinski definition) is 2. The minimum atomic E-state index is -0.648. The number of nitrogens with two attached hydrogens (primary N) is 1. The summed E-state index contributed by atoms with van der Waals surface area (Å²) in [6, 6.07) is 3.04. The smallest absolute Gasteiger partial charge is 0.238 e. The fraction of sp³-hybridized carbons (Fsp3) is 0.462. The van der Waals surface area contributed by atoms with Crippen molar-refractivity contribution in [1.29, 1.82) is 0 Å². The largest absolute Gasteiger partial charge is 0.327 e. The van der Waals surface area contributed by atoms with Crippen LogP contribution in [0.2, 0.25) is 0 Å². The van der Waals surface area contributed by atoms with Crippen LogP contribution in [0.15, 0.2) is 18.2 Å². The molecule has 0 aromatic heterocycles. The van der Waals surface area contributed by atoms with Gasteiger partial charge in [0.15, 0.2) is 0 Å². The summed E-state index contributed by atoms with van der Waals surface area (Å²) in [5.41, 5.74) is 5.68. The molecular formula is C13H18ClF2N3O. The highest BCUT2D eigenvalue weighted by atomic mass is 35.5. The molecule has 1 aliphatic rings. The lowest BCUT2D eigenvalue weighted by atomic mass is 10.1. The molecule has 1 amide bonds. The zero-order valence-electron chi connectivity index (χ0n) is 10.9. The van der Waals surface area contributed by atoms with Crippen LogP contribution in [0.25, 0.3) is 0 Å². The Morgan fingerprint density at radius 1 is 1.45 bits per heavy atom. The highest BCUT2D eigenvalue weighted by Crippen LogP contribution is 2.15. The molecule has 0 saturated carbocycles. The van der Waals surface area contributed by atoms with Crippen molar-refractivity contribution in [2.45, 2.75) is 18.9 Å². The average molecular weight is 306 g/mol. The Morgan fingerprint density at radius 2 is 2.20 bits per heavy atom. The third-order valence-corrected chi connectivity index (χ3v) is 3.11. The van der Waals surface area contributed by atoms with Crippen LogP contribution in [-0.2, 0) is 4.79 Å². The van der Waals surface area contributed by atoms with Gasteiger partial charge in [-0.3, -0.25) is 9.69 Å². The van der Waals surface area contributed by atoms with Crippen LogP contribution < -0.4 is 11.1 Å². The number of halogens is 3. The number of carbonyl (C=O) groups is 1. The van der Waals surface area contributed by atoms with Crippen LogP contribution in [0.1, 0.15) is 12.8 Å². The van der Waals surface area contributed by atoms with Crippen molar-refractivity contribution in [3.63, 3.8) is 0 Å². The predicted molar refractivity (Wildman–Crippen MR) is 75.9 cm³/mol. The zero-order chi connectivity index (χ0) is 13.8. The van der Waals surface area contributed by atoms with E-state index in [0.29, 0.717) is 6.54 Å². The van der Waals surface area contributed by atoms with Gasteiger partial charge < -0.3 is 11.1 Å². The molecule has 0 aliphatic carbocycles. The molecule has 1 aromatic rings. The summed E-state index contributed by atoms with van der Waals surface area (Å²) in [5.74, 6) is -1.60. The summed E-state index contributed by atoms with van der Waals surface area (Å²) in [7, 11) is 0. The van der Waals surface area contributed by atoms with E-state index >= 15 is 0 Å². The summed E-state index contributed by atoms with van der Waals surface area (Å²) in [6.45, 7) is 1.59. The summed E-state index contributed by atoms with van der Waals surface area (Å²) < 4.78 is 26.3. The van der Waals surface area contributed by atoms with Crippen molar-refractivity contribution < 1.29 is 13.6 Å². The van der Waals surface area contributed by atoms with Gasteiger partial charge in [0.1, 0.15) is 11.6 Å². The Morgan fingerprint density at radius 3 is 2.90 bits per heavy atom. The third-order valence-electron chi connectivity index (χ3n) is 3.11. The highest BCUT2D eigenvalue weighted by Gasteiger charge is 2.19. The van der Waals surface area contributed by atoms with Gasteiger partial charge in [0.2, 0.25) is 5.91 Å². The van der Waals surface area contributed by atoms with E-state index in [-0.39, 0.29) is 36.6 Å². The SMILES string of the molecule is Cl.NC1CCCN(CC(=O)Nc2cc(F)ccc2F)C1. The quantitative estimate of drug-likeness (QED) is 0.894. The summed E-state index contributed by atoms with van der Waals surface area (Å²) in [5, 5.41) is 2.38. The summed E-state index contributed by atoms with van der Waals surface area (Å²) in [6.07, 6.45) is 1.90. The first-order chi connectivity index (χ1) is 9.04. The molecule has 3 N–H and O–H groups in total. The minimum absolute atomic E-state index is 0. The maximum atomic E-state index is 13.4. The number of amides is 1. The normalized spacial score (nSPS) is 19.2. The van der Waals surface area contributed by atoms with Gasteiger partial charge in [-0.05, 0) is 31.5 Å². The standard InChI is InChI=1S/C13H17F2N3O.ClH/c14-9-3-4-11(15)12(6-9)17-13(19)8-18-5-1-2-10(16)7-18;/h3-4,6,10H,1-2,5,7-8,16H2,(H,17,19);1H. The Labute approximate surface area is 122 Å². The molecule has 112 valence electrons. The van der Waals surface area contributed by atoms with Gasteiger partial charge in [-0.1, -0.05) is 0 Å². The predicted octanol–water partition coefficient (Wildman–Crippen LogP) is 1.75. The number of carbonyl (C=O) groups excluding carboxylic acids is 1. The Hall–Kier alpha value is -1.24. The molecule has 1 fully saturated rings. The Kier molecular flexibility index (Phi) is 6.32. The lowest BCUT2D eigenvalue weighted by Crippen LogP contribution is -2.45. The van der Waals surface area contributed by atoms with Crippen molar-refractivity contribution in [2.75, 3.05) is 25.0 Å². The molecule has 1 unspecified atom stereocenters. The van der Waals surface area contributed by atoms with Crippen LogP contribution in [0, 0.1) is 11.6 Å². The molecule has 0 bridgehead atoms. The molecule has 0 spiro atoms. The van der Waals surface area contributed by atoms with E-state index in [9.17, 15) is 13.6 Å². The lowest BCUT2D eigenvalue weighted by Gasteiger charge is -2.29. The van der Waals surface area contributed by atoms with Gasteiger partial charge in [0.25, 0.3) is 0 Å². The summed E-state index contributed by atoms with van der Waals surface area (Å²) in [4.78, 5) is 13.7. The second kappa shape index (κ2) is 7.52. The van der Waals surface area contributed by atoms with Crippen LogP contribution in [0.4, 0.5) is 14.5 Å². The molecule has 20 heavy (non-hydrogen) atoms. The van der Waals surface area contributed by atoms with Crippen LogP contribution in [-0.4, -0.2) is 36.5 Å². The molecule has 2 rings (SSSR count). The van der Waals surface area contributed by atoms with E-state index in [1.54, 1.807) is 0 Å². The van der Waals surface area contributed by atoms with Crippen molar-refractivity contribution in [2.24, 2.45) is 5.73 Å². The first-order valence-corrected chi connectivity index (χ1v) is 6.27. The minimum Gasteiger partial charge on any atom is -0.327 e. The number of rotatable bonds is 3. The van der Waals surface area contributed by atoms with Crippen molar-refractivity contribution in [1.82, 2.24) is 4.90 Å². The number of likely N-dealkylation sites (tertiary alicyclic amines) is 1. The van der Waals surface area contributed by atoms with Crippen LogP contribution >= 0.6 is 12.4 Å². The number of benzene rings is 1. The number of nitrogens with one attached hydrogen (secondary N) is 1. The molecule has 1 aromatic carbocycles. The van der Waals surface area contributed by atoms with Gasteiger partial charge in [-0.15, -0.1) is 12.4 Å². The number of piperidine rings is 1. The second-order valence-corrected chi connectivity index (χ2v) is 4.81. The van der Waals surface area contributed by atoms with Gasteiger partial charge in [0, 0.05) is 18.7 Å². The average Bonchev–Trinajstić information content (AvgIpc) is 2.34. The van der Waals surface area contributed by atoms with Crippen molar-refractivity contribution in [3.8, 4) is 0 Å². The maximum Gasteiger partial charge on any atom is 0.238 e. The Balaban J connectivity index is 0.00000200. The lowest BCUT2D eigenvalue weighted by molar-refractivity contribution is -0.117. The van der Waals surface area contributed by atoms with E-state index < -0.39 is 11.6 Å². The molecule has 1 aliphatic heterocycles. The number of hydrogen-bond acceptors (Lipinski definition) is 3. The first kappa shape index (κ1) is 16.8. The number of anilines is 1. The maximum absolute atomic E-state index is 13.4. The van der Waals surface area contributed by atoms with E-state index in [4.69, 9.17) is 5.73 Å². The topological polar surface area (TPSA) is 58.4 Å². The van der Waals surface area contributed by atoms with Crippen LogP contribution in [0.5, 0.6) is 0 Å². The molecule has 7 heteroatoms. The van der Waals surface area contributed by atoms with Gasteiger partial charge in [-0.25, -0.2) is 8.78 Å². The van der Waals surface area contributed by atoms with E-state index in [0.717, 1.165) is 37.6 Å². The summed E-state index contributed by atoms with van der Waals surface area (Å²) >= 11 is 0. The Bertz CT molecular complexity index is 473. The molecule has 1 saturated heterocycles. The first-order valence-electron chi connectivity index (χ1n) is 6.27. The van der Waals surface area contributed by atoms with E-state index in [1.165, 1.54) is 0 Å². The molecular weight excluding hydrogens is 288 g/mol. The molecule has 1 atom stereocenters. The monoisotopic (exact) mass is 305 g/mol.